The van der Waals surface area contributed by atoms with Crippen LogP contribution in [-0.2, 0) is 35.0 Å². The van der Waals surface area contributed by atoms with Gasteiger partial charge in [0.15, 0.2) is 5.76 Å². The van der Waals surface area contributed by atoms with Crippen molar-refractivity contribution in [3.05, 3.63) is 47.9 Å². The Kier molecular flexibility index (Phi) is 7.24. The Morgan fingerprint density at radius 2 is 1.70 bits per heavy atom. The van der Waals surface area contributed by atoms with Crippen LogP contribution >= 0.6 is 0 Å². The molecule has 0 amide bonds. The molecule has 1 aliphatic rings. The minimum Gasteiger partial charge on any atom is -0.466 e. The van der Waals surface area contributed by atoms with Gasteiger partial charge in [0.2, 0.25) is 6.29 Å². The van der Waals surface area contributed by atoms with Crippen molar-refractivity contribution in [3.8, 4) is 6.07 Å². The van der Waals surface area contributed by atoms with E-state index in [1.54, 1.807) is 13.8 Å². The molecule has 0 saturated heterocycles. The summed E-state index contributed by atoms with van der Waals surface area (Å²) in [4.78, 5) is 24.1. The lowest BCUT2D eigenvalue weighted by Crippen LogP contribution is -2.31. The minimum absolute atomic E-state index is 0.132. The predicted octanol–water partition coefficient (Wildman–Crippen LogP) is 2.86. The number of rotatable bonds is 9. The molecule has 0 fully saturated rings. The van der Waals surface area contributed by atoms with E-state index in [9.17, 15) is 14.9 Å². The van der Waals surface area contributed by atoms with Crippen LogP contribution in [0.5, 0.6) is 0 Å². The maximum atomic E-state index is 12.0. The van der Waals surface area contributed by atoms with E-state index in [4.69, 9.17) is 18.9 Å². The molecule has 1 aliphatic heterocycles. The number of allylic oxidation sites excluding steroid dienone is 1. The molecule has 0 spiro atoms. The molecule has 0 bridgehead atoms. The minimum atomic E-state index is -1.54. The zero-order valence-corrected chi connectivity index (χ0v) is 15.5. The molecule has 27 heavy (non-hydrogen) atoms. The molecular weight excluding hydrogens is 350 g/mol. The van der Waals surface area contributed by atoms with Crippen molar-refractivity contribution in [3.63, 3.8) is 0 Å². The van der Waals surface area contributed by atoms with E-state index in [-0.39, 0.29) is 31.8 Å². The topological polar surface area (TPSA) is 94.9 Å². The van der Waals surface area contributed by atoms with Crippen LogP contribution in [0.25, 0.3) is 0 Å². The van der Waals surface area contributed by atoms with E-state index in [2.05, 4.69) is 0 Å². The average Bonchev–Trinajstić information content (AvgIpc) is 3.11. The zero-order valence-electron chi connectivity index (χ0n) is 15.5. The van der Waals surface area contributed by atoms with Gasteiger partial charge in [-0.25, -0.2) is 0 Å². The quantitative estimate of drug-likeness (QED) is 0.614. The molecule has 0 aromatic heterocycles. The van der Waals surface area contributed by atoms with Gasteiger partial charge in [-0.15, -0.1) is 0 Å². The molecule has 1 unspecified atom stereocenters. The number of esters is 2. The number of hydrogen-bond acceptors (Lipinski definition) is 7. The van der Waals surface area contributed by atoms with Crippen LogP contribution in [-0.4, -0.2) is 31.4 Å². The molecule has 1 aromatic carbocycles. The highest BCUT2D eigenvalue weighted by molar-refractivity contribution is 5.76. The Morgan fingerprint density at radius 3 is 2.22 bits per heavy atom. The number of carbonyl (C=O) groups is 2. The SMILES string of the molecule is CCOC(=O)CC(C#N)(CC(=O)OCC)C1=COC(Cc2ccccc2)O1. The van der Waals surface area contributed by atoms with E-state index >= 15 is 0 Å². The van der Waals surface area contributed by atoms with Crippen molar-refractivity contribution < 1.29 is 28.5 Å². The highest BCUT2D eigenvalue weighted by Gasteiger charge is 2.45. The van der Waals surface area contributed by atoms with Gasteiger partial charge in [0.05, 0.1) is 32.1 Å². The van der Waals surface area contributed by atoms with Crippen LogP contribution in [0.1, 0.15) is 32.3 Å². The second kappa shape index (κ2) is 9.62. The van der Waals surface area contributed by atoms with Gasteiger partial charge >= 0.3 is 11.9 Å². The van der Waals surface area contributed by atoms with Gasteiger partial charge in [0.25, 0.3) is 0 Å². The van der Waals surface area contributed by atoms with E-state index in [1.807, 2.05) is 36.4 Å². The molecule has 1 heterocycles. The van der Waals surface area contributed by atoms with Crippen LogP contribution in [0.4, 0.5) is 0 Å². The van der Waals surface area contributed by atoms with Crippen LogP contribution in [0, 0.1) is 16.7 Å². The molecule has 0 N–H and O–H groups in total. The third kappa shape index (κ3) is 5.48. The fourth-order valence-corrected chi connectivity index (χ4v) is 2.74. The summed E-state index contributed by atoms with van der Waals surface area (Å²) in [6, 6.07) is 11.6. The molecule has 7 heteroatoms. The van der Waals surface area contributed by atoms with Crippen LogP contribution < -0.4 is 0 Å². The fourth-order valence-electron chi connectivity index (χ4n) is 2.74. The summed E-state index contributed by atoms with van der Waals surface area (Å²) < 4.78 is 21.2. The first-order chi connectivity index (χ1) is 13.0. The van der Waals surface area contributed by atoms with Gasteiger partial charge in [0.1, 0.15) is 11.7 Å². The van der Waals surface area contributed by atoms with Crippen molar-refractivity contribution in [2.24, 2.45) is 5.41 Å². The number of nitriles is 1. The van der Waals surface area contributed by atoms with Gasteiger partial charge in [0, 0.05) is 6.42 Å². The van der Waals surface area contributed by atoms with E-state index in [0.29, 0.717) is 6.42 Å². The molecular formula is C20H23NO6. The van der Waals surface area contributed by atoms with Gasteiger partial charge in [-0.2, -0.15) is 5.26 Å². The molecule has 1 aromatic rings. The van der Waals surface area contributed by atoms with Crippen LogP contribution in [0.15, 0.2) is 42.4 Å². The van der Waals surface area contributed by atoms with Crippen molar-refractivity contribution >= 4 is 11.9 Å². The van der Waals surface area contributed by atoms with Crippen molar-refractivity contribution in [1.29, 1.82) is 5.26 Å². The summed E-state index contributed by atoms with van der Waals surface area (Å²) in [5.41, 5.74) is -0.542. The van der Waals surface area contributed by atoms with E-state index < -0.39 is 23.6 Å². The molecule has 0 saturated carbocycles. The van der Waals surface area contributed by atoms with Gasteiger partial charge in [-0.3, -0.25) is 9.59 Å². The van der Waals surface area contributed by atoms with Gasteiger partial charge in [-0.05, 0) is 19.4 Å². The van der Waals surface area contributed by atoms with Gasteiger partial charge in [-0.1, -0.05) is 30.3 Å². The number of ether oxygens (including phenoxy) is 4. The average molecular weight is 373 g/mol. The summed E-state index contributed by atoms with van der Waals surface area (Å²) in [5.74, 6) is -1.06. The molecule has 0 radical (unpaired) electrons. The first-order valence-corrected chi connectivity index (χ1v) is 8.82. The summed E-state index contributed by atoms with van der Waals surface area (Å²) in [5, 5.41) is 9.81. The first kappa shape index (κ1) is 20.3. The van der Waals surface area contributed by atoms with Crippen molar-refractivity contribution in [1.82, 2.24) is 0 Å². The second-order valence-electron chi connectivity index (χ2n) is 6.01. The van der Waals surface area contributed by atoms with E-state index in [1.165, 1.54) is 6.26 Å². The third-order valence-corrected chi connectivity index (χ3v) is 4.02. The Labute approximate surface area is 158 Å². The van der Waals surface area contributed by atoms with E-state index in [0.717, 1.165) is 5.56 Å². The second-order valence-corrected chi connectivity index (χ2v) is 6.01. The Bertz CT molecular complexity index is 702. The molecule has 1 atom stereocenters. The normalized spacial score (nSPS) is 15.7. The third-order valence-electron chi connectivity index (χ3n) is 4.02. The molecule has 144 valence electrons. The van der Waals surface area contributed by atoms with Crippen LogP contribution in [0.2, 0.25) is 0 Å². The van der Waals surface area contributed by atoms with Crippen molar-refractivity contribution in [2.45, 2.75) is 39.4 Å². The zero-order chi connectivity index (χ0) is 19.7. The summed E-state index contributed by atoms with van der Waals surface area (Å²) >= 11 is 0. The Hall–Kier alpha value is -3.01. The molecule has 7 nitrogen and oxygen atoms in total. The fraction of sp³-hybridized carbons (Fsp3) is 0.450. The van der Waals surface area contributed by atoms with Gasteiger partial charge < -0.3 is 18.9 Å². The highest BCUT2D eigenvalue weighted by atomic mass is 16.7. The first-order valence-electron chi connectivity index (χ1n) is 8.82. The lowest BCUT2D eigenvalue weighted by Gasteiger charge is -2.25. The number of nitrogens with zero attached hydrogens (tertiary/aromatic N) is 1. The lowest BCUT2D eigenvalue weighted by atomic mass is 9.80. The maximum Gasteiger partial charge on any atom is 0.307 e. The molecule has 0 aliphatic carbocycles. The largest absolute Gasteiger partial charge is 0.466 e. The maximum absolute atomic E-state index is 12.0. The number of carbonyl (C=O) groups excluding carboxylic acids is 2. The lowest BCUT2D eigenvalue weighted by molar-refractivity contribution is -0.149. The predicted molar refractivity (Wildman–Crippen MR) is 94.7 cm³/mol. The monoisotopic (exact) mass is 373 g/mol. The standard InChI is InChI=1S/C20H23NO6/c1-3-24-17(22)11-20(14-21,12-18(23)25-4-2)16-13-26-19(27-16)10-15-8-6-5-7-9-15/h5-9,13,19H,3-4,10-12H2,1-2H3. The number of benzene rings is 1. The summed E-state index contributed by atoms with van der Waals surface area (Å²) in [6.45, 7) is 3.68. The summed E-state index contributed by atoms with van der Waals surface area (Å²) in [6.07, 6.45) is 0.461. The Balaban J connectivity index is 2.15. The summed E-state index contributed by atoms with van der Waals surface area (Å²) in [7, 11) is 0. The van der Waals surface area contributed by atoms with Crippen LogP contribution in [0.3, 0.4) is 0 Å². The number of hydrogen-bond donors (Lipinski definition) is 0. The van der Waals surface area contributed by atoms with Crippen molar-refractivity contribution in [2.75, 3.05) is 13.2 Å². The highest BCUT2D eigenvalue weighted by Crippen LogP contribution is 2.40. The Morgan fingerprint density at radius 1 is 1.11 bits per heavy atom. The smallest absolute Gasteiger partial charge is 0.307 e. The molecule has 2 rings (SSSR count).